The molecule has 2 rings (SSSR count). The molecule has 24 heavy (non-hydrogen) atoms. The maximum Gasteiger partial charge on any atom is 0.194 e. The third-order valence-corrected chi connectivity index (χ3v) is 3.92. The van der Waals surface area contributed by atoms with Gasteiger partial charge in [0.1, 0.15) is 5.82 Å². The fourth-order valence-corrected chi connectivity index (χ4v) is 2.61. The van der Waals surface area contributed by atoms with Crippen LogP contribution >= 0.6 is 0 Å². The largest absolute Gasteiger partial charge is 0.357 e. The topological polar surface area (TPSA) is 32.6 Å². The lowest BCUT2D eigenvalue weighted by atomic mass is 10.1. The van der Waals surface area contributed by atoms with Gasteiger partial charge in [-0.05, 0) is 49.6 Å². The molecule has 0 spiro atoms. The molecular weight excluding hydrogens is 303 g/mol. The quantitative estimate of drug-likeness (QED) is 0.480. The summed E-state index contributed by atoms with van der Waals surface area (Å²) in [5.41, 5.74) is 2.26. The zero-order valence-corrected chi connectivity index (χ0v) is 14.8. The van der Waals surface area contributed by atoms with Gasteiger partial charge < -0.3 is 14.8 Å². The molecule has 130 valence electrons. The number of nitrogens with one attached hydrogen (secondary N) is 1. The summed E-state index contributed by atoms with van der Waals surface area (Å²) in [7, 11) is 4.09. The van der Waals surface area contributed by atoms with E-state index in [4.69, 9.17) is 0 Å². The second-order valence-electron chi connectivity index (χ2n) is 5.94. The van der Waals surface area contributed by atoms with Crippen LogP contribution in [0.25, 0.3) is 0 Å². The van der Waals surface area contributed by atoms with Crippen LogP contribution in [0.1, 0.15) is 24.6 Å². The van der Waals surface area contributed by atoms with E-state index in [1.165, 1.54) is 11.8 Å². The van der Waals surface area contributed by atoms with E-state index >= 15 is 0 Å². The van der Waals surface area contributed by atoms with E-state index in [0.29, 0.717) is 0 Å². The van der Waals surface area contributed by atoms with Crippen LogP contribution in [0.15, 0.2) is 47.6 Å². The second-order valence-corrected chi connectivity index (χ2v) is 5.94. The molecule has 0 saturated carbocycles. The Morgan fingerprint density at radius 2 is 2.12 bits per heavy atom. The van der Waals surface area contributed by atoms with Crippen LogP contribution in [0.5, 0.6) is 0 Å². The number of guanidine groups is 1. The summed E-state index contributed by atoms with van der Waals surface area (Å²) in [4.78, 5) is 6.82. The number of hydrogen-bond donors (Lipinski definition) is 1. The van der Waals surface area contributed by atoms with Crippen molar-refractivity contribution in [2.75, 3.05) is 20.1 Å². The summed E-state index contributed by atoms with van der Waals surface area (Å²) in [6.07, 6.45) is 3.78. The number of benzene rings is 1. The Morgan fingerprint density at radius 1 is 1.29 bits per heavy atom. The lowest BCUT2D eigenvalue weighted by Gasteiger charge is -2.22. The van der Waals surface area contributed by atoms with Crippen molar-refractivity contribution in [3.63, 3.8) is 0 Å². The first-order chi connectivity index (χ1) is 11.6. The minimum Gasteiger partial charge on any atom is -0.357 e. The van der Waals surface area contributed by atoms with Crippen molar-refractivity contribution in [3.8, 4) is 0 Å². The molecule has 0 fully saturated rings. The fraction of sp³-hybridized carbons (Fsp3) is 0.421. The van der Waals surface area contributed by atoms with Gasteiger partial charge in [0.2, 0.25) is 0 Å². The van der Waals surface area contributed by atoms with E-state index in [9.17, 15) is 4.39 Å². The highest BCUT2D eigenvalue weighted by Crippen LogP contribution is 2.07. The minimum atomic E-state index is -0.174. The highest BCUT2D eigenvalue weighted by atomic mass is 19.1. The normalized spacial score (nSPS) is 11.6. The first-order valence-corrected chi connectivity index (χ1v) is 8.44. The molecule has 0 bridgehead atoms. The summed E-state index contributed by atoms with van der Waals surface area (Å²) in [5, 5.41) is 3.33. The molecule has 5 heteroatoms. The summed E-state index contributed by atoms with van der Waals surface area (Å²) in [5.74, 6) is 0.726. The number of hydrogen-bond acceptors (Lipinski definition) is 1. The van der Waals surface area contributed by atoms with Crippen LogP contribution in [0.4, 0.5) is 4.39 Å². The first-order valence-electron chi connectivity index (χ1n) is 8.44. The Bertz CT molecular complexity index is 663. The van der Waals surface area contributed by atoms with Gasteiger partial charge in [-0.25, -0.2) is 4.39 Å². The average molecular weight is 330 g/mol. The third kappa shape index (κ3) is 5.41. The maximum atomic E-state index is 13.2. The van der Waals surface area contributed by atoms with Gasteiger partial charge in [0.15, 0.2) is 5.96 Å². The molecule has 1 aromatic carbocycles. The Morgan fingerprint density at radius 3 is 2.79 bits per heavy atom. The van der Waals surface area contributed by atoms with Crippen LogP contribution < -0.4 is 5.32 Å². The van der Waals surface area contributed by atoms with Gasteiger partial charge >= 0.3 is 0 Å². The number of aromatic nitrogens is 1. The standard InChI is InChI=1S/C19H27FN4/c1-4-21-19(24(3)15-18-11-7-13-23(18)2)22-12-6-9-16-8-5-10-17(20)14-16/h5,7-8,10-11,13-14H,4,6,9,12,15H2,1-3H3,(H,21,22). The first kappa shape index (κ1) is 18.0. The lowest BCUT2D eigenvalue weighted by Crippen LogP contribution is -2.38. The molecule has 2 aromatic rings. The predicted octanol–water partition coefficient (Wildman–Crippen LogP) is 3.19. The van der Waals surface area contributed by atoms with Crippen molar-refractivity contribution in [3.05, 3.63) is 59.7 Å². The van der Waals surface area contributed by atoms with Gasteiger partial charge in [0, 0.05) is 39.1 Å². The Hall–Kier alpha value is -2.30. The Balaban J connectivity index is 1.88. The molecule has 1 heterocycles. The van der Waals surface area contributed by atoms with Crippen molar-refractivity contribution < 1.29 is 4.39 Å². The summed E-state index contributed by atoms with van der Waals surface area (Å²) in [6.45, 7) is 4.42. The molecule has 0 aliphatic rings. The molecule has 0 radical (unpaired) electrons. The van der Waals surface area contributed by atoms with Crippen molar-refractivity contribution in [2.24, 2.45) is 12.0 Å². The van der Waals surface area contributed by atoms with E-state index in [1.54, 1.807) is 12.1 Å². The Labute approximate surface area is 144 Å². The highest BCUT2D eigenvalue weighted by Gasteiger charge is 2.08. The molecule has 1 N–H and O–H groups in total. The monoisotopic (exact) mass is 330 g/mol. The van der Waals surface area contributed by atoms with Gasteiger partial charge in [0.05, 0.1) is 6.54 Å². The smallest absolute Gasteiger partial charge is 0.194 e. The maximum absolute atomic E-state index is 13.2. The van der Waals surface area contributed by atoms with Crippen molar-refractivity contribution >= 4 is 5.96 Å². The zero-order valence-electron chi connectivity index (χ0n) is 14.8. The van der Waals surface area contributed by atoms with Crippen LogP contribution in [0.3, 0.4) is 0 Å². The average Bonchev–Trinajstić information content (AvgIpc) is 2.95. The van der Waals surface area contributed by atoms with Crippen LogP contribution in [-0.2, 0) is 20.0 Å². The van der Waals surface area contributed by atoms with Crippen LogP contribution in [0.2, 0.25) is 0 Å². The zero-order chi connectivity index (χ0) is 17.4. The molecule has 0 unspecified atom stereocenters. The summed E-state index contributed by atoms with van der Waals surface area (Å²) >= 11 is 0. The van der Waals surface area contributed by atoms with Crippen molar-refractivity contribution in [1.29, 1.82) is 0 Å². The van der Waals surface area contributed by atoms with E-state index in [2.05, 4.69) is 32.8 Å². The van der Waals surface area contributed by atoms with Gasteiger partial charge in [-0.2, -0.15) is 0 Å². The molecule has 0 aliphatic carbocycles. The van der Waals surface area contributed by atoms with E-state index < -0.39 is 0 Å². The summed E-state index contributed by atoms with van der Waals surface area (Å²) < 4.78 is 15.3. The van der Waals surface area contributed by atoms with Gasteiger partial charge in [-0.1, -0.05) is 12.1 Å². The lowest BCUT2D eigenvalue weighted by molar-refractivity contribution is 0.461. The second kappa shape index (κ2) is 9.11. The fourth-order valence-electron chi connectivity index (χ4n) is 2.61. The molecule has 0 atom stereocenters. The van der Waals surface area contributed by atoms with Crippen molar-refractivity contribution in [1.82, 2.24) is 14.8 Å². The van der Waals surface area contributed by atoms with Crippen LogP contribution in [-0.4, -0.2) is 35.6 Å². The van der Waals surface area contributed by atoms with Crippen molar-refractivity contribution in [2.45, 2.75) is 26.3 Å². The van der Waals surface area contributed by atoms with Crippen LogP contribution in [0, 0.1) is 5.82 Å². The van der Waals surface area contributed by atoms with E-state index in [0.717, 1.165) is 44.0 Å². The number of nitrogens with zero attached hydrogens (tertiary/aromatic N) is 3. The van der Waals surface area contributed by atoms with Gasteiger partial charge in [-0.3, -0.25) is 4.99 Å². The molecular formula is C19H27FN4. The summed E-state index contributed by atoms with van der Waals surface area (Å²) in [6, 6.07) is 10.9. The number of halogens is 1. The Kier molecular flexibility index (Phi) is 6.85. The third-order valence-electron chi connectivity index (χ3n) is 3.92. The van der Waals surface area contributed by atoms with E-state index in [-0.39, 0.29) is 5.82 Å². The molecule has 0 aliphatic heterocycles. The minimum absolute atomic E-state index is 0.174. The number of aryl methyl sites for hydroxylation is 2. The van der Waals surface area contributed by atoms with E-state index in [1.807, 2.05) is 32.4 Å². The number of rotatable bonds is 7. The molecule has 4 nitrogen and oxygen atoms in total. The molecule has 0 amide bonds. The SMILES string of the molecule is CCNC(=NCCCc1cccc(F)c1)N(C)Cc1cccn1C. The highest BCUT2D eigenvalue weighted by molar-refractivity contribution is 5.79. The molecule has 0 saturated heterocycles. The van der Waals surface area contributed by atoms with Gasteiger partial charge in [0.25, 0.3) is 0 Å². The molecule has 1 aromatic heterocycles. The number of aliphatic imine (C=N–C) groups is 1. The van der Waals surface area contributed by atoms with Gasteiger partial charge in [-0.15, -0.1) is 0 Å². The predicted molar refractivity (Wildman–Crippen MR) is 97.6 cm³/mol.